The van der Waals surface area contributed by atoms with Crippen molar-refractivity contribution in [2.45, 2.75) is 12.1 Å². The van der Waals surface area contributed by atoms with Gasteiger partial charge in [0.25, 0.3) is 5.69 Å². The summed E-state index contributed by atoms with van der Waals surface area (Å²) in [6.45, 7) is 0. The van der Waals surface area contributed by atoms with Gasteiger partial charge in [-0.3, -0.25) is 24.5 Å². The van der Waals surface area contributed by atoms with Crippen LogP contribution in [0.2, 0.25) is 10.0 Å². The molecule has 0 spiro atoms. The molecule has 3 aliphatic heterocycles. The minimum absolute atomic E-state index is 0.0977. The van der Waals surface area contributed by atoms with Gasteiger partial charge in [-0.15, -0.1) is 0 Å². The number of non-ortho nitro benzene ring substituents is 1. The summed E-state index contributed by atoms with van der Waals surface area (Å²) in [5.41, 5.74) is 1.74. The van der Waals surface area contributed by atoms with Crippen molar-refractivity contribution in [3.63, 3.8) is 0 Å². The van der Waals surface area contributed by atoms with E-state index < -0.39 is 46.4 Å². The van der Waals surface area contributed by atoms with Crippen LogP contribution >= 0.6 is 23.2 Å². The molecule has 37 heavy (non-hydrogen) atoms. The number of nitrogens with zero attached hydrogens (tertiary/aromatic N) is 3. The fourth-order valence-corrected chi connectivity index (χ4v) is 6.21. The van der Waals surface area contributed by atoms with Gasteiger partial charge in [0.1, 0.15) is 6.04 Å². The highest BCUT2D eigenvalue weighted by Crippen LogP contribution is 2.54. The van der Waals surface area contributed by atoms with Gasteiger partial charge in [-0.1, -0.05) is 53.5 Å². The average molecular weight is 534 g/mol. The molecule has 3 heterocycles. The Bertz CT molecular complexity index is 1550. The fourth-order valence-electron chi connectivity index (χ4n) is 5.71. The van der Waals surface area contributed by atoms with Crippen LogP contribution in [-0.4, -0.2) is 33.5 Å². The summed E-state index contributed by atoms with van der Waals surface area (Å²) < 4.78 is 0. The highest BCUT2D eigenvalue weighted by Gasteiger charge is 2.64. The molecule has 2 amide bonds. The smallest absolute Gasteiger partial charge is 0.271 e. The van der Waals surface area contributed by atoms with Gasteiger partial charge >= 0.3 is 0 Å². The molecule has 0 aliphatic carbocycles. The Morgan fingerprint density at radius 3 is 2.43 bits per heavy atom. The number of anilines is 1. The Balaban J connectivity index is 1.50. The molecule has 3 aliphatic rings. The first-order chi connectivity index (χ1) is 17.8. The number of nitro benzene ring substituents is 1. The van der Waals surface area contributed by atoms with Crippen molar-refractivity contribution in [2.75, 3.05) is 4.90 Å². The van der Waals surface area contributed by atoms with Crippen LogP contribution in [0.5, 0.6) is 0 Å². The van der Waals surface area contributed by atoms with Crippen molar-refractivity contribution >= 4 is 58.3 Å². The lowest BCUT2D eigenvalue weighted by Crippen LogP contribution is -2.44. The van der Waals surface area contributed by atoms with Crippen LogP contribution in [0.15, 0.2) is 72.9 Å². The molecule has 0 radical (unpaired) electrons. The zero-order chi connectivity index (χ0) is 26.0. The average Bonchev–Trinajstić information content (AvgIpc) is 3.36. The van der Waals surface area contributed by atoms with E-state index >= 15 is 0 Å². The van der Waals surface area contributed by atoms with E-state index in [2.05, 4.69) is 0 Å². The van der Waals surface area contributed by atoms with Gasteiger partial charge in [0.05, 0.1) is 33.5 Å². The van der Waals surface area contributed by atoms with Crippen molar-refractivity contribution in [2.24, 2.45) is 11.8 Å². The van der Waals surface area contributed by atoms with E-state index in [1.807, 2.05) is 30.3 Å². The SMILES string of the molecule is O=C(c1ccc(Cl)cc1Cl)[C@@H]1[C@@H]2C(=O)N(c3cccc([N+](=O)[O-])c3)C(=O)[C@H]2[C@H]2c3ccccc3C=CN12. The molecule has 0 saturated carbocycles. The number of benzene rings is 3. The Morgan fingerprint density at radius 1 is 0.919 bits per heavy atom. The highest BCUT2D eigenvalue weighted by atomic mass is 35.5. The first kappa shape index (κ1) is 23.4. The predicted molar refractivity (Wildman–Crippen MR) is 137 cm³/mol. The zero-order valence-electron chi connectivity index (χ0n) is 19.0. The second-order valence-corrected chi connectivity index (χ2v) is 9.95. The molecule has 6 rings (SSSR count). The van der Waals surface area contributed by atoms with Crippen LogP contribution in [-0.2, 0) is 9.59 Å². The van der Waals surface area contributed by atoms with E-state index in [9.17, 15) is 24.5 Å². The third-order valence-electron chi connectivity index (χ3n) is 7.23. The highest BCUT2D eigenvalue weighted by molar-refractivity contribution is 6.37. The standard InChI is InChI=1S/C27H17Cl2N3O5/c28-15-8-9-19(20(29)12-15)25(33)24-22-21(23-18-7-2-1-4-14(18)10-11-30(23)24)26(34)31(27(22)35)16-5-3-6-17(13-16)32(36)37/h1-13,21-24H/t21-,22-,23-,24+/m1/s1. The number of hydrogen-bond donors (Lipinski definition) is 0. The Morgan fingerprint density at radius 2 is 1.68 bits per heavy atom. The maximum Gasteiger partial charge on any atom is 0.271 e. The number of amides is 2. The van der Waals surface area contributed by atoms with Crippen molar-refractivity contribution in [1.29, 1.82) is 0 Å². The number of halogens is 2. The maximum absolute atomic E-state index is 14.0. The summed E-state index contributed by atoms with van der Waals surface area (Å²) in [5.74, 6) is -3.40. The number of Topliss-reactive ketones (excluding diaryl/α,β-unsaturated/α-hetero) is 1. The first-order valence-electron chi connectivity index (χ1n) is 11.4. The molecule has 3 aromatic rings. The number of hydrogen-bond acceptors (Lipinski definition) is 6. The van der Waals surface area contributed by atoms with Crippen molar-refractivity contribution in [1.82, 2.24) is 4.90 Å². The summed E-state index contributed by atoms with van der Waals surface area (Å²) >= 11 is 12.4. The lowest BCUT2D eigenvalue weighted by molar-refractivity contribution is -0.384. The van der Waals surface area contributed by atoms with Gasteiger partial charge in [0.15, 0.2) is 5.78 Å². The molecule has 10 heteroatoms. The quantitative estimate of drug-likeness (QED) is 0.195. The van der Waals surface area contributed by atoms with Crippen LogP contribution in [0.3, 0.4) is 0 Å². The minimum atomic E-state index is -1.02. The van der Waals surface area contributed by atoms with E-state index in [1.165, 1.54) is 36.4 Å². The van der Waals surface area contributed by atoms with Gasteiger partial charge < -0.3 is 4.90 Å². The summed E-state index contributed by atoms with van der Waals surface area (Å²) in [7, 11) is 0. The molecule has 3 aromatic carbocycles. The van der Waals surface area contributed by atoms with E-state index in [0.717, 1.165) is 16.0 Å². The molecule has 8 nitrogen and oxygen atoms in total. The third-order valence-corrected chi connectivity index (χ3v) is 7.77. The van der Waals surface area contributed by atoms with Crippen LogP contribution < -0.4 is 4.90 Å². The lowest BCUT2D eigenvalue weighted by Gasteiger charge is -2.35. The second-order valence-electron chi connectivity index (χ2n) is 9.11. The molecular weight excluding hydrogens is 517 g/mol. The number of carbonyl (C=O) groups excluding carboxylic acids is 3. The van der Waals surface area contributed by atoms with Gasteiger partial charge in [-0.25, -0.2) is 4.90 Å². The largest absolute Gasteiger partial charge is 0.358 e. The zero-order valence-corrected chi connectivity index (χ0v) is 20.5. The number of fused-ring (bicyclic) bond motifs is 5. The Hall–Kier alpha value is -4.01. The molecule has 4 atom stereocenters. The normalized spacial score (nSPS) is 23.6. The molecule has 2 saturated heterocycles. The van der Waals surface area contributed by atoms with Crippen LogP contribution in [0.4, 0.5) is 11.4 Å². The third kappa shape index (κ3) is 3.48. The van der Waals surface area contributed by atoms with Crippen LogP contribution in [0.1, 0.15) is 27.5 Å². The van der Waals surface area contributed by atoms with Crippen molar-refractivity contribution in [3.05, 3.63) is 110 Å². The van der Waals surface area contributed by atoms with Gasteiger partial charge in [0, 0.05) is 28.9 Å². The number of ketones is 1. The Kier molecular flexibility index (Phi) is 5.40. The Labute approximate surface area is 220 Å². The molecule has 0 N–H and O–H groups in total. The lowest BCUT2D eigenvalue weighted by atomic mass is 9.83. The number of nitro groups is 1. The minimum Gasteiger partial charge on any atom is -0.358 e. The molecular formula is C27H17Cl2N3O5. The summed E-state index contributed by atoms with van der Waals surface area (Å²) in [4.78, 5) is 55.2. The number of carbonyl (C=O) groups is 3. The number of imide groups is 1. The van der Waals surface area contributed by atoms with Crippen LogP contribution in [0, 0.1) is 22.0 Å². The monoisotopic (exact) mass is 533 g/mol. The van der Waals surface area contributed by atoms with Crippen molar-refractivity contribution < 1.29 is 19.3 Å². The van der Waals surface area contributed by atoms with Gasteiger partial charge in [-0.05, 0) is 41.5 Å². The van der Waals surface area contributed by atoms with Crippen molar-refractivity contribution in [3.8, 4) is 0 Å². The molecule has 2 fully saturated rings. The van der Waals surface area contributed by atoms with Crippen LogP contribution in [0.25, 0.3) is 6.08 Å². The van der Waals surface area contributed by atoms with E-state index in [0.29, 0.717) is 5.02 Å². The van der Waals surface area contributed by atoms with Gasteiger partial charge in [0.2, 0.25) is 11.8 Å². The van der Waals surface area contributed by atoms with E-state index in [1.54, 1.807) is 17.2 Å². The molecule has 0 unspecified atom stereocenters. The molecule has 184 valence electrons. The summed E-state index contributed by atoms with van der Waals surface area (Å²) in [6, 6.07) is 15.8. The summed E-state index contributed by atoms with van der Waals surface area (Å²) in [5, 5.41) is 11.8. The molecule has 0 aromatic heterocycles. The second kappa shape index (κ2) is 8.54. The van der Waals surface area contributed by atoms with E-state index in [-0.39, 0.29) is 22.0 Å². The van der Waals surface area contributed by atoms with Gasteiger partial charge in [-0.2, -0.15) is 0 Å². The van der Waals surface area contributed by atoms with E-state index in [4.69, 9.17) is 23.2 Å². The maximum atomic E-state index is 14.0. The summed E-state index contributed by atoms with van der Waals surface area (Å²) in [6.07, 6.45) is 3.60. The molecule has 0 bridgehead atoms. The number of rotatable bonds is 4. The predicted octanol–water partition coefficient (Wildman–Crippen LogP) is 5.30. The fraction of sp³-hybridized carbons (Fsp3) is 0.148. The topological polar surface area (TPSA) is 101 Å². The first-order valence-corrected chi connectivity index (χ1v) is 12.2.